The van der Waals surface area contributed by atoms with Crippen LogP contribution in [-0.4, -0.2) is 45.4 Å². The zero-order valence-corrected chi connectivity index (χ0v) is 16.7. The molecule has 1 N–H and O–H groups in total. The van der Waals surface area contributed by atoms with Crippen LogP contribution >= 0.6 is 0 Å². The number of likely N-dealkylation sites (tertiary alicyclic amines) is 1. The van der Waals surface area contributed by atoms with Crippen molar-refractivity contribution < 1.29 is 13.2 Å². The van der Waals surface area contributed by atoms with Crippen molar-refractivity contribution >= 4 is 15.7 Å². The first-order valence-electron chi connectivity index (χ1n) is 9.84. The Balaban J connectivity index is 1.46. The molecule has 148 valence electrons. The zero-order chi connectivity index (χ0) is 19.6. The summed E-state index contributed by atoms with van der Waals surface area (Å²) in [7, 11) is -3.43. The van der Waals surface area contributed by atoms with Gasteiger partial charge in [-0.2, -0.15) is 0 Å². The van der Waals surface area contributed by atoms with Gasteiger partial charge in [0, 0.05) is 25.2 Å². The van der Waals surface area contributed by atoms with E-state index >= 15 is 0 Å². The lowest BCUT2D eigenvalue weighted by molar-refractivity contribution is 0.0607. The molecule has 0 aromatic heterocycles. The largest absolute Gasteiger partial charge is 0.339 e. The molecule has 1 amide bonds. The predicted octanol–water partition coefficient (Wildman–Crippen LogP) is 2.88. The topological polar surface area (TPSA) is 66.5 Å². The molecule has 2 aromatic carbocycles. The summed E-state index contributed by atoms with van der Waals surface area (Å²) in [5, 5.41) is 3.44. The number of rotatable bonds is 4. The van der Waals surface area contributed by atoms with Crippen LogP contribution in [0.15, 0.2) is 59.5 Å². The number of hydrogen-bond donors (Lipinski definition) is 1. The van der Waals surface area contributed by atoms with Gasteiger partial charge in [0.25, 0.3) is 5.91 Å². The summed E-state index contributed by atoms with van der Waals surface area (Å²) in [6, 6.07) is 15.5. The fourth-order valence-electron chi connectivity index (χ4n) is 4.31. The van der Waals surface area contributed by atoms with Crippen LogP contribution in [0.1, 0.15) is 35.2 Å². The van der Waals surface area contributed by atoms with Gasteiger partial charge in [0.1, 0.15) is 0 Å². The molecule has 1 spiro atoms. The minimum absolute atomic E-state index is 0.000217. The fourth-order valence-corrected chi connectivity index (χ4v) is 5.67. The molecule has 2 aromatic rings. The van der Waals surface area contributed by atoms with Crippen molar-refractivity contribution in [2.45, 2.75) is 29.9 Å². The van der Waals surface area contributed by atoms with E-state index in [9.17, 15) is 13.2 Å². The Morgan fingerprint density at radius 2 is 1.75 bits per heavy atom. The maximum Gasteiger partial charge on any atom is 0.253 e. The number of benzene rings is 2. The average molecular weight is 399 g/mol. The van der Waals surface area contributed by atoms with E-state index in [4.69, 9.17) is 0 Å². The second-order valence-corrected chi connectivity index (χ2v) is 9.98. The summed E-state index contributed by atoms with van der Waals surface area (Å²) in [5.74, 6) is -0.104. The van der Waals surface area contributed by atoms with Crippen molar-refractivity contribution in [2.75, 3.05) is 26.2 Å². The summed E-state index contributed by atoms with van der Waals surface area (Å²) < 4.78 is 25.3. The third-order valence-corrected chi connectivity index (χ3v) is 7.78. The molecule has 0 saturated carbocycles. The van der Waals surface area contributed by atoms with Crippen LogP contribution in [0, 0.1) is 5.41 Å². The van der Waals surface area contributed by atoms with Gasteiger partial charge in [-0.15, -0.1) is 0 Å². The fraction of sp³-hybridized carbons (Fsp3) is 0.409. The van der Waals surface area contributed by atoms with E-state index in [-0.39, 0.29) is 11.7 Å². The first kappa shape index (κ1) is 19.2. The van der Waals surface area contributed by atoms with Crippen molar-refractivity contribution in [3.05, 3.63) is 65.7 Å². The molecule has 0 unspecified atom stereocenters. The Bertz CT molecular complexity index is 941. The van der Waals surface area contributed by atoms with Crippen LogP contribution in [0.3, 0.4) is 0 Å². The van der Waals surface area contributed by atoms with Gasteiger partial charge >= 0.3 is 0 Å². The van der Waals surface area contributed by atoms with Crippen molar-refractivity contribution in [1.29, 1.82) is 0 Å². The predicted molar refractivity (Wildman–Crippen MR) is 109 cm³/mol. The van der Waals surface area contributed by atoms with E-state index in [1.807, 2.05) is 4.90 Å². The van der Waals surface area contributed by atoms with E-state index in [0.29, 0.717) is 21.4 Å². The summed E-state index contributed by atoms with van der Waals surface area (Å²) >= 11 is 0. The Morgan fingerprint density at radius 3 is 2.43 bits per heavy atom. The van der Waals surface area contributed by atoms with Crippen LogP contribution in [0.5, 0.6) is 0 Å². The summed E-state index contributed by atoms with van der Waals surface area (Å²) in [6.45, 7) is 3.67. The van der Waals surface area contributed by atoms with Crippen molar-refractivity contribution in [3.63, 3.8) is 0 Å². The zero-order valence-electron chi connectivity index (χ0n) is 15.9. The second-order valence-electron chi connectivity index (χ2n) is 7.99. The molecule has 5 nitrogen and oxygen atoms in total. The molecule has 2 saturated heterocycles. The maximum absolute atomic E-state index is 13.0. The monoisotopic (exact) mass is 398 g/mol. The average Bonchev–Trinajstić information content (AvgIpc) is 3.16. The maximum atomic E-state index is 13.0. The van der Waals surface area contributed by atoms with Gasteiger partial charge in [0.2, 0.25) is 0 Å². The van der Waals surface area contributed by atoms with E-state index < -0.39 is 9.84 Å². The quantitative estimate of drug-likeness (QED) is 0.860. The first-order valence-corrected chi connectivity index (χ1v) is 11.5. The van der Waals surface area contributed by atoms with Gasteiger partial charge in [-0.05, 0) is 61.1 Å². The third kappa shape index (κ3) is 3.98. The minimum Gasteiger partial charge on any atom is -0.339 e. The van der Waals surface area contributed by atoms with Crippen LogP contribution in [0.25, 0.3) is 0 Å². The Hall–Kier alpha value is -2.18. The number of piperidine rings is 1. The van der Waals surface area contributed by atoms with Gasteiger partial charge < -0.3 is 10.2 Å². The number of sulfone groups is 1. The number of amides is 1. The summed E-state index contributed by atoms with van der Waals surface area (Å²) in [4.78, 5) is 15.2. The first-order chi connectivity index (χ1) is 13.5. The van der Waals surface area contributed by atoms with Crippen molar-refractivity contribution in [2.24, 2.45) is 5.41 Å². The number of nitrogens with one attached hydrogen (secondary N) is 1. The molecule has 0 atom stereocenters. The molecule has 2 aliphatic heterocycles. The van der Waals surface area contributed by atoms with E-state index in [1.165, 1.54) is 6.42 Å². The van der Waals surface area contributed by atoms with Gasteiger partial charge in [0.05, 0.1) is 10.6 Å². The lowest BCUT2D eigenvalue weighted by Crippen LogP contribution is -2.44. The van der Waals surface area contributed by atoms with Gasteiger partial charge in [-0.1, -0.05) is 30.3 Å². The van der Waals surface area contributed by atoms with Crippen LogP contribution in [0.2, 0.25) is 0 Å². The molecular formula is C22H26N2O3S. The lowest BCUT2D eigenvalue weighted by Gasteiger charge is -2.39. The molecular weight excluding hydrogens is 372 g/mol. The van der Waals surface area contributed by atoms with E-state index in [2.05, 4.69) is 5.32 Å². The van der Waals surface area contributed by atoms with E-state index in [1.54, 1.807) is 54.6 Å². The highest BCUT2D eigenvalue weighted by Gasteiger charge is 2.38. The normalized spacial score (nSPS) is 19.1. The number of carbonyl (C=O) groups excluding carboxylic acids is 1. The molecule has 2 aliphatic rings. The third-order valence-electron chi connectivity index (χ3n) is 6.08. The molecule has 2 fully saturated rings. The minimum atomic E-state index is -3.43. The number of hydrogen-bond acceptors (Lipinski definition) is 4. The highest BCUT2D eigenvalue weighted by Crippen LogP contribution is 2.37. The highest BCUT2D eigenvalue weighted by atomic mass is 32.2. The smallest absolute Gasteiger partial charge is 0.253 e. The molecule has 2 heterocycles. The summed E-state index contributed by atoms with van der Waals surface area (Å²) in [6.07, 6.45) is 3.27. The molecule has 0 bridgehead atoms. The molecule has 0 aliphatic carbocycles. The van der Waals surface area contributed by atoms with Gasteiger partial charge in [-0.25, -0.2) is 8.42 Å². The molecule has 0 radical (unpaired) electrons. The molecule has 6 heteroatoms. The second kappa shape index (κ2) is 7.68. The Kier molecular flexibility index (Phi) is 5.25. The number of carbonyl (C=O) groups is 1. The highest BCUT2D eigenvalue weighted by molar-refractivity contribution is 7.90. The lowest BCUT2D eigenvalue weighted by atomic mass is 9.78. The van der Waals surface area contributed by atoms with Crippen LogP contribution in [-0.2, 0) is 15.6 Å². The Labute approximate surface area is 166 Å². The van der Waals surface area contributed by atoms with Crippen LogP contribution in [0.4, 0.5) is 0 Å². The SMILES string of the molecule is O=C(c1cccc(CS(=O)(=O)c2ccccc2)c1)N1CCC2(CCNC2)CC1. The van der Waals surface area contributed by atoms with Crippen molar-refractivity contribution in [3.8, 4) is 0 Å². The standard InChI is InChI=1S/C22H26N2O3S/c25-21(24-13-10-22(11-14-24)9-12-23-17-22)19-6-4-5-18(15-19)16-28(26,27)20-7-2-1-3-8-20/h1-8,15,23H,9-14,16-17H2. The molecule has 28 heavy (non-hydrogen) atoms. The van der Waals surface area contributed by atoms with Crippen LogP contribution < -0.4 is 5.32 Å². The summed E-state index contributed by atoms with van der Waals surface area (Å²) in [5.41, 5.74) is 1.58. The van der Waals surface area contributed by atoms with Gasteiger partial charge in [0.15, 0.2) is 9.84 Å². The van der Waals surface area contributed by atoms with E-state index in [0.717, 1.165) is 39.0 Å². The molecule has 4 rings (SSSR count). The van der Waals surface area contributed by atoms with Crippen molar-refractivity contribution in [1.82, 2.24) is 10.2 Å². The van der Waals surface area contributed by atoms with Gasteiger partial charge in [-0.3, -0.25) is 4.79 Å². The number of nitrogens with zero attached hydrogens (tertiary/aromatic N) is 1. The Morgan fingerprint density at radius 1 is 1.00 bits per heavy atom.